The van der Waals surface area contributed by atoms with Gasteiger partial charge in [-0.15, -0.1) is 4.91 Å². The van der Waals surface area contributed by atoms with Gasteiger partial charge in [-0.25, -0.2) is 4.39 Å². The molecule has 1 heterocycles. The molecule has 66 valence electrons. The summed E-state index contributed by atoms with van der Waals surface area (Å²) >= 11 is 0. The number of carbonyl (C=O) groups is 1. The summed E-state index contributed by atoms with van der Waals surface area (Å²) < 4.78 is 12.2. The first-order valence-corrected chi connectivity index (χ1v) is 3.62. The third-order valence-corrected chi connectivity index (χ3v) is 1.63. The van der Waals surface area contributed by atoms with Crippen LogP contribution in [0.5, 0.6) is 0 Å². The molecule has 0 aromatic heterocycles. The molecule has 5 heteroatoms. The van der Waals surface area contributed by atoms with Gasteiger partial charge in [0.25, 0.3) is 0 Å². The molecule has 4 nitrogen and oxygen atoms in total. The van der Waals surface area contributed by atoms with Crippen LogP contribution in [0.15, 0.2) is 17.3 Å². The fraction of sp³-hybridized carbons (Fsp3) is 0.571. The Morgan fingerprint density at radius 2 is 2.33 bits per heavy atom. The standard InChI is InChI=1S/C7H9FN2O2/c8-6-4-10(5-6)3-1-2-7(11)9-12/h1-2,6H,3-5H2/b2-1+. The van der Waals surface area contributed by atoms with Gasteiger partial charge in [-0.05, 0) is 0 Å². The van der Waals surface area contributed by atoms with E-state index in [1.165, 1.54) is 6.08 Å². The zero-order valence-corrected chi connectivity index (χ0v) is 6.44. The van der Waals surface area contributed by atoms with Crippen molar-refractivity contribution in [1.82, 2.24) is 4.90 Å². The van der Waals surface area contributed by atoms with Crippen LogP contribution >= 0.6 is 0 Å². The van der Waals surface area contributed by atoms with Crippen LogP contribution in [0, 0.1) is 4.91 Å². The first-order chi connectivity index (χ1) is 5.72. The molecule has 0 aromatic rings. The number of nitrogens with zero attached hydrogens (tertiary/aromatic N) is 2. The SMILES string of the molecule is O=NC(=O)/C=C/CN1CC(F)C1. The summed E-state index contributed by atoms with van der Waals surface area (Å²) in [5.41, 5.74) is 0. The van der Waals surface area contributed by atoms with E-state index in [0.29, 0.717) is 19.6 Å². The number of likely N-dealkylation sites (tertiary alicyclic amines) is 1. The van der Waals surface area contributed by atoms with Gasteiger partial charge in [0.15, 0.2) is 0 Å². The van der Waals surface area contributed by atoms with Gasteiger partial charge >= 0.3 is 5.91 Å². The zero-order chi connectivity index (χ0) is 8.97. The third-order valence-electron chi connectivity index (χ3n) is 1.63. The van der Waals surface area contributed by atoms with E-state index < -0.39 is 12.1 Å². The number of rotatable bonds is 3. The van der Waals surface area contributed by atoms with E-state index in [2.05, 4.69) is 5.18 Å². The van der Waals surface area contributed by atoms with Crippen LogP contribution in [-0.2, 0) is 4.79 Å². The molecule has 0 aliphatic carbocycles. The summed E-state index contributed by atoms with van der Waals surface area (Å²) in [6.45, 7) is 1.32. The van der Waals surface area contributed by atoms with E-state index >= 15 is 0 Å². The monoisotopic (exact) mass is 172 g/mol. The molecular formula is C7H9FN2O2. The average molecular weight is 172 g/mol. The normalized spacial score (nSPS) is 19.4. The Bertz CT molecular complexity index is 211. The van der Waals surface area contributed by atoms with Gasteiger partial charge < -0.3 is 0 Å². The summed E-state index contributed by atoms with van der Waals surface area (Å²) in [5.74, 6) is -0.799. The van der Waals surface area contributed by atoms with Crippen molar-refractivity contribution in [1.29, 1.82) is 0 Å². The van der Waals surface area contributed by atoms with Crippen LogP contribution in [-0.4, -0.2) is 36.6 Å². The smallest absolute Gasteiger partial charge is 0.294 e. The zero-order valence-electron chi connectivity index (χ0n) is 6.44. The summed E-state index contributed by atoms with van der Waals surface area (Å²) in [6, 6.07) is 0. The molecule has 1 amide bonds. The van der Waals surface area contributed by atoms with Crippen molar-refractivity contribution in [3.63, 3.8) is 0 Å². The molecule has 1 aliphatic heterocycles. The molecule has 1 aliphatic rings. The van der Waals surface area contributed by atoms with Gasteiger partial charge in [-0.1, -0.05) is 6.08 Å². The lowest BCUT2D eigenvalue weighted by molar-refractivity contribution is -0.113. The quantitative estimate of drug-likeness (QED) is 0.459. The second kappa shape index (κ2) is 4.06. The number of halogens is 1. The number of amides is 1. The van der Waals surface area contributed by atoms with Crippen molar-refractivity contribution in [2.24, 2.45) is 5.18 Å². The molecule has 12 heavy (non-hydrogen) atoms. The van der Waals surface area contributed by atoms with Gasteiger partial charge in [-0.2, -0.15) is 0 Å². The van der Waals surface area contributed by atoms with Crippen molar-refractivity contribution in [2.45, 2.75) is 6.17 Å². The number of nitroso groups, excluding NO2 is 1. The fourth-order valence-corrected chi connectivity index (χ4v) is 0.989. The lowest BCUT2D eigenvalue weighted by Gasteiger charge is -2.33. The van der Waals surface area contributed by atoms with Gasteiger partial charge in [-0.3, -0.25) is 9.69 Å². The topological polar surface area (TPSA) is 49.7 Å². The van der Waals surface area contributed by atoms with Gasteiger partial charge in [0, 0.05) is 30.9 Å². The van der Waals surface area contributed by atoms with E-state index in [4.69, 9.17) is 0 Å². The molecule has 0 saturated carbocycles. The van der Waals surface area contributed by atoms with E-state index in [0.717, 1.165) is 6.08 Å². The van der Waals surface area contributed by atoms with E-state index in [1.54, 1.807) is 0 Å². The minimum atomic E-state index is -0.799. The van der Waals surface area contributed by atoms with Crippen molar-refractivity contribution >= 4 is 5.91 Å². The van der Waals surface area contributed by atoms with Gasteiger partial charge in [0.1, 0.15) is 6.17 Å². The minimum absolute atomic E-state index is 0.410. The first-order valence-electron chi connectivity index (χ1n) is 3.62. The fourth-order valence-electron chi connectivity index (χ4n) is 0.989. The average Bonchev–Trinajstić information content (AvgIpc) is 2.01. The van der Waals surface area contributed by atoms with Crippen molar-refractivity contribution in [3.8, 4) is 0 Å². The predicted molar refractivity (Wildman–Crippen MR) is 41.3 cm³/mol. The Morgan fingerprint density at radius 1 is 1.67 bits per heavy atom. The summed E-state index contributed by atoms with van der Waals surface area (Å²) in [6.07, 6.45) is 1.87. The lowest BCUT2D eigenvalue weighted by Crippen LogP contribution is -2.48. The molecule has 0 unspecified atom stereocenters. The lowest BCUT2D eigenvalue weighted by atomic mass is 10.2. The molecule has 1 fully saturated rings. The summed E-state index contributed by atoms with van der Waals surface area (Å²) in [5, 5.41) is 2.18. The van der Waals surface area contributed by atoms with Crippen LogP contribution < -0.4 is 0 Å². The Morgan fingerprint density at radius 3 is 2.83 bits per heavy atom. The molecule has 1 saturated heterocycles. The minimum Gasteiger partial charge on any atom is -0.294 e. The molecule has 0 radical (unpaired) electrons. The Balaban J connectivity index is 2.13. The second-order valence-electron chi connectivity index (χ2n) is 2.65. The van der Waals surface area contributed by atoms with E-state index in [9.17, 15) is 14.1 Å². The predicted octanol–water partition coefficient (Wildman–Crippen LogP) is 0.489. The maximum absolute atomic E-state index is 12.2. The van der Waals surface area contributed by atoms with Crippen molar-refractivity contribution in [3.05, 3.63) is 17.1 Å². The molecular weight excluding hydrogens is 163 g/mol. The largest absolute Gasteiger partial charge is 0.309 e. The molecule has 0 bridgehead atoms. The van der Waals surface area contributed by atoms with Crippen LogP contribution in [0.25, 0.3) is 0 Å². The molecule has 0 N–H and O–H groups in total. The number of hydrogen-bond donors (Lipinski definition) is 0. The highest BCUT2D eigenvalue weighted by atomic mass is 19.1. The van der Waals surface area contributed by atoms with Crippen LogP contribution in [0.4, 0.5) is 4.39 Å². The summed E-state index contributed by atoms with van der Waals surface area (Å²) in [7, 11) is 0. The Kier molecular flexibility index (Phi) is 3.04. The maximum atomic E-state index is 12.2. The van der Waals surface area contributed by atoms with E-state index in [1.807, 2.05) is 4.90 Å². The van der Waals surface area contributed by atoms with Crippen LogP contribution in [0.3, 0.4) is 0 Å². The van der Waals surface area contributed by atoms with Crippen LogP contribution in [0.1, 0.15) is 0 Å². The van der Waals surface area contributed by atoms with Gasteiger partial charge in [0.2, 0.25) is 0 Å². The van der Waals surface area contributed by atoms with Crippen molar-refractivity contribution < 1.29 is 9.18 Å². The first kappa shape index (κ1) is 8.99. The Hall–Kier alpha value is -1.10. The second-order valence-corrected chi connectivity index (χ2v) is 2.65. The summed E-state index contributed by atoms with van der Waals surface area (Å²) in [4.78, 5) is 21.7. The van der Waals surface area contributed by atoms with Crippen molar-refractivity contribution in [2.75, 3.05) is 19.6 Å². The van der Waals surface area contributed by atoms with Gasteiger partial charge in [0.05, 0.1) is 0 Å². The molecule has 1 rings (SSSR count). The maximum Gasteiger partial charge on any atom is 0.309 e. The Labute approximate surface area is 69.0 Å². The molecule has 0 spiro atoms. The highest BCUT2D eigenvalue weighted by molar-refractivity contribution is 5.88. The molecule has 0 aromatic carbocycles. The highest BCUT2D eigenvalue weighted by Crippen LogP contribution is 2.09. The molecule has 0 atom stereocenters. The number of alkyl halides is 1. The number of carbonyl (C=O) groups excluding carboxylic acids is 1. The number of hydrogen-bond acceptors (Lipinski definition) is 3. The third kappa shape index (κ3) is 2.50. The van der Waals surface area contributed by atoms with Crippen LogP contribution in [0.2, 0.25) is 0 Å². The van der Waals surface area contributed by atoms with E-state index in [-0.39, 0.29) is 0 Å². The highest BCUT2D eigenvalue weighted by Gasteiger charge is 2.24.